The average molecular weight is 403 g/mol. The smallest absolute Gasteiger partial charge is 0.214 e. The zero-order valence-corrected chi connectivity index (χ0v) is 14.2. The lowest BCUT2D eigenvalue weighted by Crippen LogP contribution is -2.25. The van der Waals surface area contributed by atoms with E-state index in [9.17, 15) is 34.8 Å². The molecule has 0 saturated heterocycles. The fraction of sp³-hybridized carbons (Fsp3) is 0.357. The summed E-state index contributed by atoms with van der Waals surface area (Å²) in [6.07, 6.45) is -0.0119. The molecule has 3 nitrogen and oxygen atoms in total. The van der Waals surface area contributed by atoms with Gasteiger partial charge in [0.15, 0.2) is 0 Å². The van der Waals surface area contributed by atoms with Crippen LogP contribution in [0, 0.1) is 11.3 Å². The Morgan fingerprint density at radius 1 is 1.12 bits per heavy atom. The van der Waals surface area contributed by atoms with E-state index in [1.807, 2.05) is 0 Å². The lowest BCUT2D eigenvalue weighted by atomic mass is 10.1. The molecule has 11 heteroatoms. The highest BCUT2D eigenvalue weighted by molar-refractivity contribution is 8.01. The van der Waals surface area contributed by atoms with Crippen LogP contribution in [-0.4, -0.2) is 19.4 Å². The minimum atomic E-state index is -5.84. The van der Waals surface area contributed by atoms with Crippen LogP contribution in [0.5, 0.6) is 0 Å². The van der Waals surface area contributed by atoms with Crippen LogP contribution < -0.4 is 0 Å². The maximum absolute atomic E-state index is 12.9. The molecule has 138 valence electrons. The summed E-state index contributed by atoms with van der Waals surface area (Å²) in [5, 5.41) is 9.03. The van der Waals surface area contributed by atoms with Crippen molar-refractivity contribution in [2.24, 2.45) is 0 Å². The van der Waals surface area contributed by atoms with Crippen LogP contribution in [0.2, 0.25) is 0 Å². The zero-order valence-electron chi connectivity index (χ0n) is 12.6. The number of nitriles is 1. The largest absolute Gasteiger partial charge is 0.501 e. The van der Waals surface area contributed by atoms with E-state index >= 15 is 0 Å². The van der Waals surface area contributed by atoms with Crippen molar-refractivity contribution in [3.63, 3.8) is 0 Å². The number of thioether (sulfide) groups is 1. The van der Waals surface area contributed by atoms with E-state index < -0.39 is 48.7 Å². The van der Waals surface area contributed by atoms with Crippen molar-refractivity contribution in [2.75, 3.05) is 0 Å². The quantitative estimate of drug-likeness (QED) is 0.382. The fourth-order valence-corrected chi connectivity index (χ4v) is 3.57. The van der Waals surface area contributed by atoms with Crippen LogP contribution in [0.15, 0.2) is 34.7 Å². The van der Waals surface area contributed by atoms with Gasteiger partial charge in [-0.1, -0.05) is 25.5 Å². The standard InChI is InChI=1S/C14H11F6NO2S2/c1-2-3-10(8-21)12(25(22,23)14(18,19)20)9-4-6-11(7-5-9)24-13(15,16)17/h4-7H,2-3H2,1H3/b12-10+. The van der Waals surface area contributed by atoms with Crippen molar-refractivity contribution in [3.8, 4) is 6.07 Å². The molecule has 0 aliphatic rings. The minimum Gasteiger partial charge on any atom is -0.214 e. The van der Waals surface area contributed by atoms with Gasteiger partial charge in [0.25, 0.3) is 9.84 Å². The first kappa shape index (κ1) is 21.4. The molecule has 0 atom stereocenters. The van der Waals surface area contributed by atoms with Gasteiger partial charge in [-0.3, -0.25) is 0 Å². The van der Waals surface area contributed by atoms with Gasteiger partial charge < -0.3 is 0 Å². The molecule has 0 radical (unpaired) electrons. The van der Waals surface area contributed by atoms with E-state index in [0.29, 0.717) is 0 Å². The minimum absolute atomic E-state index is 0.210. The molecule has 1 rings (SSSR count). The fourth-order valence-electron chi connectivity index (χ4n) is 1.89. The molecule has 0 N–H and O–H groups in total. The molecule has 0 amide bonds. The summed E-state index contributed by atoms with van der Waals surface area (Å²) in [5.41, 5.74) is -11.3. The van der Waals surface area contributed by atoms with Crippen LogP contribution in [0.3, 0.4) is 0 Å². The van der Waals surface area contributed by atoms with Crippen LogP contribution in [-0.2, 0) is 9.84 Å². The maximum Gasteiger partial charge on any atom is 0.501 e. The predicted octanol–water partition coefficient (Wildman–Crippen LogP) is 5.27. The number of rotatable bonds is 5. The Kier molecular flexibility index (Phi) is 6.58. The van der Waals surface area contributed by atoms with E-state index in [0.717, 1.165) is 24.3 Å². The normalized spacial score (nSPS) is 14.0. The van der Waals surface area contributed by atoms with Crippen molar-refractivity contribution in [3.05, 3.63) is 35.4 Å². The highest BCUT2D eigenvalue weighted by atomic mass is 32.2. The Balaban J connectivity index is 3.54. The van der Waals surface area contributed by atoms with Gasteiger partial charge in [-0.2, -0.15) is 31.6 Å². The summed E-state index contributed by atoms with van der Waals surface area (Å²) < 4.78 is 99.3. The van der Waals surface area contributed by atoms with Gasteiger partial charge in [-0.15, -0.1) is 0 Å². The van der Waals surface area contributed by atoms with Crippen molar-refractivity contribution in [1.29, 1.82) is 5.26 Å². The van der Waals surface area contributed by atoms with Gasteiger partial charge in [0, 0.05) is 10.5 Å². The zero-order chi connectivity index (χ0) is 19.5. The molecule has 1 aromatic rings. The summed E-state index contributed by atoms with van der Waals surface area (Å²) >= 11 is -0.494. The van der Waals surface area contributed by atoms with Crippen LogP contribution in [0.25, 0.3) is 4.91 Å². The second-order valence-electron chi connectivity index (χ2n) is 4.69. The molecule has 0 aliphatic carbocycles. The Bertz CT molecular complexity index is 787. The van der Waals surface area contributed by atoms with E-state index in [-0.39, 0.29) is 17.7 Å². The monoisotopic (exact) mass is 403 g/mol. The molecule has 0 heterocycles. The molecule has 0 aliphatic heterocycles. The summed E-state index contributed by atoms with van der Waals surface area (Å²) in [5.74, 6) is 0. The first-order chi connectivity index (χ1) is 11.3. The van der Waals surface area contributed by atoms with Gasteiger partial charge in [0.05, 0.1) is 11.0 Å². The Labute approximate surface area is 144 Å². The Hall–Kier alpha value is -1.67. The first-order valence-corrected chi connectivity index (χ1v) is 8.94. The van der Waals surface area contributed by atoms with E-state index in [2.05, 4.69) is 0 Å². The highest BCUT2D eigenvalue weighted by Gasteiger charge is 2.49. The average Bonchev–Trinajstić information content (AvgIpc) is 2.45. The molecular weight excluding hydrogens is 392 g/mol. The summed E-state index contributed by atoms with van der Waals surface area (Å²) in [7, 11) is -5.84. The molecule has 1 aromatic carbocycles. The third-order valence-corrected chi connectivity index (χ3v) is 5.20. The lowest BCUT2D eigenvalue weighted by molar-refractivity contribution is -0.0421. The summed E-state index contributed by atoms with van der Waals surface area (Å²) in [6.45, 7) is 1.54. The third kappa shape index (κ3) is 5.40. The molecule has 0 aromatic heterocycles. The molecule has 0 fully saturated rings. The third-order valence-electron chi connectivity index (χ3n) is 2.83. The molecule has 0 spiro atoms. The van der Waals surface area contributed by atoms with Crippen molar-refractivity contribution in [1.82, 2.24) is 0 Å². The SMILES string of the molecule is CCC/C(C#N)=C(/c1ccc(SC(F)(F)F)cc1)S(=O)(=O)C(F)(F)F. The number of halogens is 6. The number of benzene rings is 1. The Morgan fingerprint density at radius 3 is 2.00 bits per heavy atom. The van der Waals surface area contributed by atoms with Crippen LogP contribution >= 0.6 is 11.8 Å². The van der Waals surface area contributed by atoms with Gasteiger partial charge in [-0.05, 0) is 35.9 Å². The topological polar surface area (TPSA) is 57.9 Å². The maximum atomic E-state index is 12.9. The van der Waals surface area contributed by atoms with E-state index in [4.69, 9.17) is 5.26 Å². The molecule has 0 saturated carbocycles. The molecule has 0 bridgehead atoms. The first-order valence-electron chi connectivity index (χ1n) is 6.64. The summed E-state index contributed by atoms with van der Waals surface area (Å²) in [6, 6.07) is 4.78. The number of nitrogens with zero attached hydrogens (tertiary/aromatic N) is 1. The van der Waals surface area contributed by atoms with E-state index in [1.54, 1.807) is 0 Å². The van der Waals surface area contributed by atoms with Gasteiger partial charge >= 0.3 is 11.0 Å². The van der Waals surface area contributed by atoms with Gasteiger partial charge in [0.1, 0.15) is 0 Å². The number of hydrogen-bond acceptors (Lipinski definition) is 4. The van der Waals surface area contributed by atoms with Crippen LogP contribution in [0.1, 0.15) is 25.3 Å². The predicted molar refractivity (Wildman–Crippen MR) is 80.8 cm³/mol. The number of hydrogen-bond donors (Lipinski definition) is 0. The molecule has 25 heavy (non-hydrogen) atoms. The van der Waals surface area contributed by atoms with E-state index in [1.165, 1.54) is 13.0 Å². The van der Waals surface area contributed by atoms with Crippen LogP contribution in [0.4, 0.5) is 26.3 Å². The Morgan fingerprint density at radius 2 is 1.64 bits per heavy atom. The lowest BCUT2D eigenvalue weighted by Gasteiger charge is -2.15. The van der Waals surface area contributed by atoms with Crippen molar-refractivity contribution >= 4 is 26.5 Å². The molecule has 0 unspecified atom stereocenters. The second-order valence-corrected chi connectivity index (χ2v) is 7.71. The second kappa shape index (κ2) is 7.70. The van der Waals surface area contributed by atoms with Gasteiger partial charge in [0.2, 0.25) is 0 Å². The number of allylic oxidation sites excluding steroid dienone is 1. The van der Waals surface area contributed by atoms with Crippen molar-refractivity contribution < 1.29 is 34.8 Å². The number of sulfone groups is 1. The summed E-state index contributed by atoms with van der Waals surface area (Å²) in [4.78, 5) is -1.55. The van der Waals surface area contributed by atoms with Crippen molar-refractivity contribution in [2.45, 2.75) is 35.7 Å². The van der Waals surface area contributed by atoms with Gasteiger partial charge in [-0.25, -0.2) is 8.42 Å². The highest BCUT2D eigenvalue weighted by Crippen LogP contribution is 2.40. The number of alkyl halides is 6. The molecular formula is C14H11F6NO2S2.